The van der Waals surface area contributed by atoms with Crippen molar-refractivity contribution in [2.24, 2.45) is 11.5 Å². The lowest BCUT2D eigenvalue weighted by molar-refractivity contribution is -0.143. The number of anilines is 3. The molecule has 9 aromatic rings. The van der Waals surface area contributed by atoms with Gasteiger partial charge in [-0.05, 0) is 116 Å². The number of halogens is 13. The van der Waals surface area contributed by atoms with Crippen LogP contribution < -0.4 is 34.8 Å². The van der Waals surface area contributed by atoms with Crippen LogP contribution in [-0.2, 0) is 39.1 Å². The van der Waals surface area contributed by atoms with Gasteiger partial charge >= 0.3 is 30.7 Å². The molecule has 14 N–H and O–H groups in total. The van der Waals surface area contributed by atoms with Crippen LogP contribution in [0.15, 0.2) is 165 Å². The summed E-state index contributed by atoms with van der Waals surface area (Å²) in [6.07, 6.45) is 0.873. The number of aliphatic carboxylic acids is 1. The second-order valence-corrected chi connectivity index (χ2v) is 17.0. The van der Waals surface area contributed by atoms with Crippen LogP contribution in [0.5, 0.6) is 0 Å². The van der Waals surface area contributed by atoms with Crippen molar-refractivity contribution in [1.82, 2.24) is 65.4 Å². The van der Waals surface area contributed by atoms with Gasteiger partial charge in [-0.25, -0.2) is 33.8 Å². The summed E-state index contributed by atoms with van der Waals surface area (Å²) < 4.78 is 157. The third-order valence-electron chi connectivity index (χ3n) is 9.97. The normalized spacial score (nSPS) is 11.1. The zero-order chi connectivity index (χ0) is 64.7. The predicted molar refractivity (Wildman–Crippen MR) is 306 cm³/mol. The maximum atomic E-state index is 12.8. The summed E-state index contributed by atoms with van der Waals surface area (Å²) >= 11 is 0. The van der Waals surface area contributed by atoms with Crippen molar-refractivity contribution in [3.8, 4) is 34.2 Å². The number of hydrogen-bond acceptors (Lipinski definition) is 16. The second kappa shape index (κ2) is 33.6. The topological polar surface area (TPSA) is 367 Å². The standard InChI is InChI=1S/C13H7F6N3O2.2C13H11F3N4O.3C5H6N2.ClH.H3N/c14-12(15,16)8-3-7(4-9(5-8)13(17,18)19)11-20-6-22(21-11)2-1-10(23)24;2*1-8-4-9(6-10(5-8)13(14,15)16)12-18-7-20(19-12)3-2-11(17)21;3*6-5-1-3-7-4-2-5;;/h1-6H,(H,23,24);2*2-7H,1H3,(H2,17,21);3*1-4H,(H2,6,7);1H;1H3/b2-1-;2*3-2-;;;;;. The molecule has 3 aromatic carbocycles. The first-order valence-corrected chi connectivity index (χ1v) is 23.9. The molecule has 0 radical (unpaired) electrons. The number of alkyl halides is 12. The molecule has 6 heterocycles. The Kier molecular flexibility index (Phi) is 28.0. The summed E-state index contributed by atoms with van der Waals surface area (Å²) in [6, 6.07) is 18.6. The molecule has 472 valence electrons. The molecule has 0 fully saturated rings. The number of carboxylic acids is 1. The molecular weight excluding hydrogens is 1230 g/mol. The van der Waals surface area contributed by atoms with E-state index in [9.17, 15) is 67.1 Å². The number of pyridine rings is 3. The number of carboxylic acid groups (broad SMARTS) is 1. The number of nitrogens with zero attached hydrogens (tertiary/aromatic N) is 12. The number of amides is 2. The lowest BCUT2D eigenvalue weighted by atomic mass is 10.0. The number of carbonyl (C=O) groups is 3. The maximum absolute atomic E-state index is 12.8. The number of aryl methyl sites for hydroxylation is 2. The fraction of sp³-hybridized carbons (Fsp3) is 0.111. The molecule has 0 saturated heterocycles. The summed E-state index contributed by atoms with van der Waals surface area (Å²) in [4.78, 5) is 54.3. The molecule has 2 amide bonds. The zero-order valence-corrected chi connectivity index (χ0v) is 46.7. The molecule has 0 unspecified atom stereocenters. The van der Waals surface area contributed by atoms with E-state index in [0.717, 1.165) is 70.7 Å². The molecule has 0 aliphatic heterocycles. The van der Waals surface area contributed by atoms with Gasteiger partial charge in [0.25, 0.3) is 0 Å². The minimum absolute atomic E-state index is 0. The molecule has 89 heavy (non-hydrogen) atoms. The number of benzene rings is 3. The first-order valence-electron chi connectivity index (χ1n) is 23.9. The number of rotatable bonds is 9. The Bertz CT molecular complexity index is 3540. The van der Waals surface area contributed by atoms with E-state index in [1.54, 1.807) is 99.6 Å². The van der Waals surface area contributed by atoms with E-state index in [2.05, 4.69) is 45.2 Å². The van der Waals surface area contributed by atoms with Gasteiger partial charge in [-0.15, -0.1) is 27.7 Å². The Hall–Kier alpha value is -11.0. The molecule has 0 saturated carbocycles. The Morgan fingerprint density at radius 3 is 0.899 bits per heavy atom. The minimum atomic E-state index is -4.98. The molecule has 0 atom stereocenters. The number of hydrogen-bond donors (Lipinski definition) is 7. The van der Waals surface area contributed by atoms with Crippen LogP contribution in [0.4, 0.5) is 69.7 Å². The quantitative estimate of drug-likeness (QED) is 0.0521. The van der Waals surface area contributed by atoms with Crippen molar-refractivity contribution >= 4 is 65.9 Å². The van der Waals surface area contributed by atoms with Gasteiger partial charge in [0.15, 0.2) is 17.5 Å². The average Bonchev–Trinajstić information content (AvgIpc) is 3.53. The number of carbonyl (C=O) groups excluding carboxylic acids is 2. The van der Waals surface area contributed by atoms with Gasteiger partial charge in [0, 0.05) is 108 Å². The first-order chi connectivity index (χ1) is 40.7. The van der Waals surface area contributed by atoms with Crippen LogP contribution >= 0.6 is 12.4 Å². The second-order valence-electron chi connectivity index (χ2n) is 17.0. The van der Waals surface area contributed by atoms with Gasteiger partial charge in [0.05, 0.1) is 22.3 Å². The van der Waals surface area contributed by atoms with E-state index in [1.165, 1.54) is 34.4 Å². The Labute approximate surface area is 502 Å². The molecular formula is C54H51ClF12N18O4. The first kappa shape index (κ1) is 74.1. The fourth-order valence-electron chi connectivity index (χ4n) is 6.20. The van der Waals surface area contributed by atoms with Crippen molar-refractivity contribution in [3.05, 3.63) is 199 Å². The number of aromatic nitrogens is 12. The van der Waals surface area contributed by atoms with E-state index >= 15 is 0 Å². The number of nitrogen functional groups attached to an aromatic ring is 3. The van der Waals surface area contributed by atoms with Gasteiger partial charge in [-0.3, -0.25) is 24.5 Å². The minimum Gasteiger partial charge on any atom is -0.478 e. The van der Waals surface area contributed by atoms with Crippen LogP contribution in [0, 0.1) is 13.8 Å². The summed E-state index contributed by atoms with van der Waals surface area (Å²) in [5, 5.41) is 20.0. The van der Waals surface area contributed by atoms with Crippen LogP contribution in [0.2, 0.25) is 0 Å². The zero-order valence-electron chi connectivity index (χ0n) is 45.9. The lowest BCUT2D eigenvalue weighted by Gasteiger charge is -2.13. The monoisotopic (exact) mass is 1280 g/mol. The van der Waals surface area contributed by atoms with E-state index in [0.29, 0.717) is 29.3 Å². The van der Waals surface area contributed by atoms with Crippen molar-refractivity contribution in [2.75, 3.05) is 17.2 Å². The van der Waals surface area contributed by atoms with E-state index in [4.69, 9.17) is 33.8 Å². The van der Waals surface area contributed by atoms with Crippen molar-refractivity contribution in [3.63, 3.8) is 0 Å². The fourth-order valence-corrected chi connectivity index (χ4v) is 6.20. The van der Waals surface area contributed by atoms with Crippen molar-refractivity contribution in [1.29, 1.82) is 0 Å². The van der Waals surface area contributed by atoms with E-state index in [1.807, 2.05) is 0 Å². The molecule has 22 nitrogen and oxygen atoms in total. The van der Waals surface area contributed by atoms with Crippen LogP contribution in [0.25, 0.3) is 52.8 Å². The molecule has 0 aliphatic rings. The highest BCUT2D eigenvalue weighted by Gasteiger charge is 2.37. The van der Waals surface area contributed by atoms with Crippen LogP contribution in [0.3, 0.4) is 0 Å². The highest BCUT2D eigenvalue weighted by atomic mass is 35.5. The van der Waals surface area contributed by atoms with Crippen molar-refractivity contribution in [2.45, 2.75) is 38.6 Å². The molecule has 35 heteroatoms. The van der Waals surface area contributed by atoms with Crippen LogP contribution in [-0.4, -0.2) is 82.1 Å². The number of primary amides is 2. The summed E-state index contributed by atoms with van der Waals surface area (Å²) in [5.41, 5.74) is 24.5. The summed E-state index contributed by atoms with van der Waals surface area (Å²) in [5.74, 6) is -2.81. The molecule has 9 rings (SSSR count). The van der Waals surface area contributed by atoms with E-state index < -0.39 is 76.1 Å². The molecule has 0 aliphatic carbocycles. The predicted octanol–water partition coefficient (Wildman–Crippen LogP) is 10.6. The number of nitrogens with two attached hydrogens (primary N) is 5. The third-order valence-corrected chi connectivity index (χ3v) is 9.97. The smallest absolute Gasteiger partial charge is 0.416 e. The maximum Gasteiger partial charge on any atom is 0.416 e. The van der Waals surface area contributed by atoms with Crippen LogP contribution in [0.1, 0.15) is 33.4 Å². The van der Waals surface area contributed by atoms with Gasteiger partial charge < -0.3 is 39.9 Å². The Morgan fingerprint density at radius 1 is 0.427 bits per heavy atom. The largest absolute Gasteiger partial charge is 0.478 e. The molecule has 0 spiro atoms. The molecule has 6 aromatic heterocycles. The Balaban J connectivity index is 0.000000386. The molecule has 0 bridgehead atoms. The SMILES string of the molecule is Cc1cc(-c2ncn(/C=C\C(N)=O)n2)cc(C(F)(F)F)c1.Cc1cc(-c2ncn(/C=C\C(N)=O)n2)cc(C(F)(F)F)c1.Cl.N.Nc1ccncc1.Nc1ccncc1.Nc1ccncc1.O=C(O)/C=C\n1cnc(-c2cc(C(F)(F)F)cc(C(F)(F)F)c2)n1. The van der Waals surface area contributed by atoms with Gasteiger partial charge in [0.1, 0.15) is 19.0 Å². The Morgan fingerprint density at radius 2 is 0.674 bits per heavy atom. The highest BCUT2D eigenvalue weighted by molar-refractivity contribution is 5.89. The average molecular weight is 1280 g/mol. The third kappa shape index (κ3) is 26.8. The van der Waals surface area contributed by atoms with Gasteiger partial charge in [-0.1, -0.05) is 0 Å². The van der Waals surface area contributed by atoms with Crippen molar-refractivity contribution < 1.29 is 72.2 Å². The highest BCUT2D eigenvalue weighted by Crippen LogP contribution is 2.38. The lowest BCUT2D eigenvalue weighted by Crippen LogP contribution is -2.11. The summed E-state index contributed by atoms with van der Waals surface area (Å²) in [6.45, 7) is 3.12. The summed E-state index contributed by atoms with van der Waals surface area (Å²) in [7, 11) is 0. The van der Waals surface area contributed by atoms with Gasteiger partial charge in [-0.2, -0.15) is 52.7 Å². The van der Waals surface area contributed by atoms with E-state index in [-0.39, 0.29) is 47.4 Å². The van der Waals surface area contributed by atoms with Gasteiger partial charge in [0.2, 0.25) is 11.8 Å².